The van der Waals surface area contributed by atoms with Gasteiger partial charge >= 0.3 is 0 Å². The van der Waals surface area contributed by atoms with Crippen LogP contribution in [-0.4, -0.2) is 5.75 Å². The third-order valence-electron chi connectivity index (χ3n) is 1.85. The molecule has 6 heteroatoms. The van der Waals surface area contributed by atoms with Crippen LogP contribution in [0.4, 0.5) is 0 Å². The Labute approximate surface area is 152 Å². The van der Waals surface area contributed by atoms with E-state index in [4.69, 9.17) is 9.12 Å². The first-order valence-electron chi connectivity index (χ1n) is 6.19. The Morgan fingerprint density at radius 2 is 1.90 bits per heavy atom. The van der Waals surface area contributed by atoms with E-state index in [2.05, 4.69) is 12.2 Å². The van der Waals surface area contributed by atoms with Crippen LogP contribution in [0.15, 0.2) is 43.0 Å². The quantitative estimate of drug-likeness (QED) is 0.278. The van der Waals surface area contributed by atoms with E-state index in [0.29, 0.717) is 6.61 Å². The van der Waals surface area contributed by atoms with Crippen molar-refractivity contribution in [2.75, 3.05) is 5.75 Å². The number of benzene rings is 1. The van der Waals surface area contributed by atoms with Gasteiger partial charge in [-0.2, -0.15) is 0 Å². The SMILES string of the molecule is C=CCCCSO[N-]OCc1ccccc1.CC.N.[Y]. The molecule has 1 aromatic rings. The largest absolute Gasteiger partial charge is 0.457 e. The molecule has 0 fully saturated rings. The second-order valence-electron chi connectivity index (χ2n) is 3.16. The van der Waals surface area contributed by atoms with Crippen molar-refractivity contribution in [1.29, 1.82) is 0 Å². The van der Waals surface area contributed by atoms with Crippen LogP contribution in [0.5, 0.6) is 0 Å². The third-order valence-corrected chi connectivity index (χ3v) is 2.47. The van der Waals surface area contributed by atoms with E-state index in [1.807, 2.05) is 50.3 Å². The molecule has 0 amide bonds. The molecule has 0 spiro atoms. The number of nitrogens with zero attached hydrogens (tertiary/aromatic N) is 1. The van der Waals surface area contributed by atoms with E-state index in [9.17, 15) is 0 Å². The van der Waals surface area contributed by atoms with Crippen LogP contribution >= 0.6 is 12.0 Å². The van der Waals surface area contributed by atoms with Crippen molar-refractivity contribution >= 4 is 12.0 Å². The molecule has 0 heterocycles. The molecule has 0 bridgehead atoms. The van der Waals surface area contributed by atoms with Crippen molar-refractivity contribution < 1.29 is 41.8 Å². The van der Waals surface area contributed by atoms with Crippen LogP contribution < -0.4 is 6.15 Å². The second kappa shape index (κ2) is 21.6. The first-order valence-corrected chi connectivity index (χ1v) is 7.10. The Morgan fingerprint density at radius 1 is 1.25 bits per heavy atom. The molecule has 20 heavy (non-hydrogen) atoms. The Kier molecular flexibility index (Phi) is 27.2. The van der Waals surface area contributed by atoms with Crippen LogP contribution in [0.2, 0.25) is 0 Å². The zero-order chi connectivity index (χ0) is 13.5. The summed E-state index contributed by atoms with van der Waals surface area (Å²) >= 11 is 1.29. The van der Waals surface area contributed by atoms with Crippen LogP contribution in [0, 0.1) is 0 Å². The van der Waals surface area contributed by atoms with E-state index < -0.39 is 0 Å². The zero-order valence-electron chi connectivity index (χ0n) is 12.5. The Morgan fingerprint density at radius 3 is 2.50 bits per heavy atom. The molecule has 1 rings (SSSR count). The molecule has 4 nitrogen and oxygen atoms in total. The maximum atomic E-state index is 4.99. The Balaban J connectivity index is -0.000000689. The van der Waals surface area contributed by atoms with Crippen LogP contribution in [0.25, 0.3) is 5.64 Å². The molecule has 3 N–H and O–H groups in total. The molecule has 0 atom stereocenters. The summed E-state index contributed by atoms with van der Waals surface area (Å²) in [5.41, 5.74) is 4.58. The maximum absolute atomic E-state index is 4.99. The van der Waals surface area contributed by atoms with Gasteiger partial charge < -0.3 is 20.9 Å². The van der Waals surface area contributed by atoms with E-state index >= 15 is 0 Å². The van der Waals surface area contributed by atoms with Gasteiger partial charge in [0, 0.05) is 38.5 Å². The molecule has 0 aliphatic heterocycles. The van der Waals surface area contributed by atoms with Crippen LogP contribution in [0.1, 0.15) is 32.3 Å². The van der Waals surface area contributed by atoms with Gasteiger partial charge in [-0.3, -0.25) is 0 Å². The van der Waals surface area contributed by atoms with Crippen molar-refractivity contribution in [1.82, 2.24) is 6.15 Å². The maximum Gasteiger partial charge on any atom is 0.0522 e. The smallest absolute Gasteiger partial charge is 0.0522 e. The minimum atomic E-state index is 0. The van der Waals surface area contributed by atoms with Crippen LogP contribution in [-0.2, 0) is 48.4 Å². The van der Waals surface area contributed by atoms with Gasteiger partial charge in [-0.05, 0) is 30.4 Å². The summed E-state index contributed by atoms with van der Waals surface area (Å²) in [4.78, 5) is 4.99. The van der Waals surface area contributed by atoms with Crippen molar-refractivity contribution in [3.8, 4) is 0 Å². The fourth-order valence-electron chi connectivity index (χ4n) is 1.04. The van der Waals surface area contributed by atoms with Gasteiger partial charge in [0.05, 0.1) is 6.61 Å². The summed E-state index contributed by atoms with van der Waals surface area (Å²) in [5.74, 6) is 0.893. The van der Waals surface area contributed by atoms with Crippen molar-refractivity contribution in [3.63, 3.8) is 0 Å². The summed E-state index contributed by atoms with van der Waals surface area (Å²) < 4.78 is 4.89. The van der Waals surface area contributed by atoms with Gasteiger partial charge in [-0.15, -0.1) is 6.58 Å². The van der Waals surface area contributed by atoms with Crippen molar-refractivity contribution in [3.05, 3.63) is 54.2 Å². The van der Waals surface area contributed by atoms with E-state index in [-0.39, 0.29) is 38.9 Å². The molecule has 0 aliphatic carbocycles. The van der Waals surface area contributed by atoms with Gasteiger partial charge in [0.15, 0.2) is 0 Å². The molecule has 0 saturated carbocycles. The molecule has 0 aromatic heterocycles. The van der Waals surface area contributed by atoms with E-state index in [1.54, 1.807) is 0 Å². The summed E-state index contributed by atoms with van der Waals surface area (Å²) in [6.07, 6.45) is 3.94. The van der Waals surface area contributed by atoms with Crippen molar-refractivity contribution in [2.45, 2.75) is 33.3 Å². The molecule has 0 saturated heterocycles. The average molecular weight is 374 g/mol. The standard InChI is InChI=1S/C12H16NO2S.C2H6.H3N.Y/c1-2-3-7-10-16-15-13-14-11-12-8-5-4-6-9-12;1-2;;/h2,4-6,8-9H,1,3,7,10-11H2;1-2H3;1H3;/q-1;;;. The fraction of sp³-hybridized carbons (Fsp3) is 0.429. The Bertz CT molecular complexity index is 290. The first kappa shape index (κ1) is 25.2. The molecule has 0 unspecified atom stereocenters. The molecule has 1 aromatic carbocycles. The molecule has 113 valence electrons. The monoisotopic (exact) mass is 374 g/mol. The summed E-state index contributed by atoms with van der Waals surface area (Å²) in [7, 11) is 0. The molecular formula is C14H25N2O2SY-. The number of hydrogen-bond donors (Lipinski definition) is 1. The third kappa shape index (κ3) is 16.3. The van der Waals surface area contributed by atoms with Crippen molar-refractivity contribution in [2.24, 2.45) is 0 Å². The molecule has 0 aliphatic rings. The average Bonchev–Trinajstić information content (AvgIpc) is 2.45. The van der Waals surface area contributed by atoms with Gasteiger partial charge in [-0.1, -0.05) is 50.3 Å². The predicted molar refractivity (Wildman–Crippen MR) is 83.9 cm³/mol. The number of allylic oxidation sites excluding steroid dienone is 1. The summed E-state index contributed by atoms with van der Waals surface area (Å²) in [5, 5.41) is 0. The molecule has 1 radical (unpaired) electrons. The van der Waals surface area contributed by atoms with Gasteiger partial charge in [-0.25, -0.2) is 0 Å². The summed E-state index contributed by atoms with van der Waals surface area (Å²) in [6, 6.07) is 9.85. The normalized spacial score (nSPS) is 8.50. The first-order chi connectivity index (χ1) is 8.93. The van der Waals surface area contributed by atoms with Gasteiger partial charge in [0.2, 0.25) is 0 Å². The minimum Gasteiger partial charge on any atom is -0.457 e. The summed E-state index contributed by atoms with van der Waals surface area (Å²) in [6.45, 7) is 8.08. The molecular weight excluding hydrogens is 349 g/mol. The fourth-order valence-corrected chi connectivity index (χ4v) is 1.49. The van der Waals surface area contributed by atoms with E-state index in [1.165, 1.54) is 12.0 Å². The zero-order valence-corrected chi connectivity index (χ0v) is 16.1. The second-order valence-corrected chi connectivity index (χ2v) is 3.95. The predicted octanol–water partition coefficient (Wildman–Crippen LogP) is 5.22. The number of unbranched alkanes of at least 4 members (excludes halogenated alkanes) is 1. The number of rotatable bonds is 9. The Hall–Kier alpha value is 0.254. The van der Waals surface area contributed by atoms with E-state index in [0.717, 1.165) is 24.2 Å². The van der Waals surface area contributed by atoms with Gasteiger partial charge in [0.25, 0.3) is 0 Å². The topological polar surface area (TPSA) is 67.6 Å². The van der Waals surface area contributed by atoms with Crippen LogP contribution in [0.3, 0.4) is 0 Å². The number of hydrogen-bond acceptors (Lipinski definition) is 4. The minimum absolute atomic E-state index is 0. The van der Waals surface area contributed by atoms with Gasteiger partial charge in [0.1, 0.15) is 0 Å².